The van der Waals surface area contributed by atoms with Crippen molar-refractivity contribution in [3.8, 4) is 0 Å². The van der Waals surface area contributed by atoms with Gasteiger partial charge in [-0.05, 0) is 12.8 Å². The van der Waals surface area contributed by atoms with Crippen molar-refractivity contribution in [2.75, 3.05) is 39.3 Å². The molecule has 156 valence electrons. The van der Waals surface area contributed by atoms with Gasteiger partial charge in [-0.3, -0.25) is 9.59 Å². The van der Waals surface area contributed by atoms with Crippen molar-refractivity contribution in [1.29, 1.82) is 0 Å². The van der Waals surface area contributed by atoms with Gasteiger partial charge in [0.1, 0.15) is 0 Å². The second kappa shape index (κ2) is 9.82. The van der Waals surface area contributed by atoms with Gasteiger partial charge in [-0.25, -0.2) is 0 Å². The zero-order valence-electron chi connectivity index (χ0n) is 16.9. The molecule has 0 saturated carbocycles. The van der Waals surface area contributed by atoms with Crippen LogP contribution in [0.2, 0.25) is 0 Å². The summed E-state index contributed by atoms with van der Waals surface area (Å²) in [5, 5.41) is 32.0. The molecule has 27 heavy (non-hydrogen) atoms. The molecule has 2 N–H and O–H groups in total. The Labute approximate surface area is 162 Å². The molecule has 0 aromatic carbocycles. The van der Waals surface area contributed by atoms with Crippen molar-refractivity contribution >= 4 is 11.8 Å². The number of rotatable bonds is 10. The quantitative estimate of drug-likeness (QED) is 0.438. The molecular formula is C19H36N4O4. The highest BCUT2D eigenvalue weighted by Crippen LogP contribution is 2.29. The van der Waals surface area contributed by atoms with Crippen LogP contribution in [0.15, 0.2) is 0 Å². The largest absolute Gasteiger partial charge is 0.632 e. The highest BCUT2D eigenvalue weighted by molar-refractivity contribution is 5.81. The molecule has 8 heteroatoms. The Kier molecular flexibility index (Phi) is 8.03. The van der Waals surface area contributed by atoms with E-state index in [1.807, 2.05) is 13.8 Å². The minimum atomic E-state index is -0.557. The molecule has 0 aromatic heterocycles. The van der Waals surface area contributed by atoms with Gasteiger partial charge in [0.25, 0.3) is 11.8 Å². The van der Waals surface area contributed by atoms with Gasteiger partial charge in [-0.2, -0.15) is 0 Å². The lowest BCUT2D eigenvalue weighted by molar-refractivity contribution is -0.902. The molecular weight excluding hydrogens is 348 g/mol. The highest BCUT2D eigenvalue weighted by Gasteiger charge is 2.42. The number of carbonyl (C=O) groups excluding carboxylic acids is 2. The summed E-state index contributed by atoms with van der Waals surface area (Å²) in [5.41, 5.74) is 0. The Hall–Kier alpha value is -1.22. The maximum atomic E-state index is 13.2. The molecule has 0 aromatic rings. The topological polar surface area (TPSA) is 104 Å². The summed E-state index contributed by atoms with van der Waals surface area (Å²) >= 11 is 0. The number of nitrogens with one attached hydrogen (secondary N) is 2. The van der Waals surface area contributed by atoms with E-state index in [0.717, 1.165) is 25.7 Å². The Morgan fingerprint density at radius 3 is 1.63 bits per heavy atom. The third-order valence-corrected chi connectivity index (χ3v) is 5.94. The molecule has 2 amide bonds. The van der Waals surface area contributed by atoms with Crippen LogP contribution in [0, 0.1) is 10.4 Å². The van der Waals surface area contributed by atoms with Crippen LogP contribution in [0.4, 0.5) is 0 Å². The number of nitrogens with zero attached hydrogens (tertiary/aromatic N) is 2. The van der Waals surface area contributed by atoms with Crippen LogP contribution in [0.3, 0.4) is 0 Å². The molecule has 2 unspecified atom stereocenters. The molecule has 0 bridgehead atoms. The Morgan fingerprint density at radius 1 is 0.852 bits per heavy atom. The smallest absolute Gasteiger partial charge is 0.278 e. The van der Waals surface area contributed by atoms with E-state index in [2.05, 4.69) is 10.6 Å². The molecule has 2 aliphatic rings. The normalized spacial score (nSPS) is 33.2. The molecule has 0 spiro atoms. The average Bonchev–Trinajstić information content (AvgIpc) is 3.21. The fourth-order valence-corrected chi connectivity index (χ4v) is 4.45. The minimum Gasteiger partial charge on any atom is -0.632 e. The summed E-state index contributed by atoms with van der Waals surface area (Å²) in [7, 11) is 0. The monoisotopic (exact) mass is 384 g/mol. The molecule has 2 aliphatic heterocycles. The van der Waals surface area contributed by atoms with Crippen LogP contribution >= 0.6 is 0 Å². The number of quaternary nitrogens is 2. The number of carbonyl (C=O) groups is 2. The van der Waals surface area contributed by atoms with Crippen molar-refractivity contribution < 1.29 is 18.9 Å². The van der Waals surface area contributed by atoms with Gasteiger partial charge in [0.2, 0.25) is 0 Å². The van der Waals surface area contributed by atoms with E-state index in [1.165, 1.54) is 0 Å². The van der Waals surface area contributed by atoms with Gasteiger partial charge in [-0.1, -0.05) is 13.8 Å². The number of hydrogen-bond acceptors (Lipinski definition) is 4. The molecule has 2 saturated heterocycles. The first-order valence-corrected chi connectivity index (χ1v) is 10.6. The second-order valence-corrected chi connectivity index (χ2v) is 8.05. The number of hydrogen-bond donors (Lipinski definition) is 2. The molecule has 2 fully saturated rings. The highest BCUT2D eigenvalue weighted by atomic mass is 16.6. The van der Waals surface area contributed by atoms with E-state index in [1.54, 1.807) is 0 Å². The molecule has 0 radical (unpaired) electrons. The summed E-state index contributed by atoms with van der Waals surface area (Å²) in [6, 6.07) is -1.11. The Morgan fingerprint density at radius 2 is 1.26 bits per heavy atom. The van der Waals surface area contributed by atoms with E-state index in [4.69, 9.17) is 0 Å². The van der Waals surface area contributed by atoms with Gasteiger partial charge in [0, 0.05) is 45.2 Å². The molecule has 8 nitrogen and oxygen atoms in total. The fraction of sp³-hybridized carbons (Fsp3) is 0.895. The summed E-state index contributed by atoms with van der Waals surface area (Å²) in [4.78, 5) is 24.6. The van der Waals surface area contributed by atoms with Crippen molar-refractivity contribution in [2.24, 2.45) is 0 Å². The predicted molar refractivity (Wildman–Crippen MR) is 104 cm³/mol. The summed E-state index contributed by atoms with van der Waals surface area (Å²) < 4.78 is -1.05. The summed E-state index contributed by atoms with van der Waals surface area (Å²) in [5.74, 6) is -0.318. The predicted octanol–water partition coefficient (Wildman–Crippen LogP) is 1.38. The molecule has 2 heterocycles. The Bertz CT molecular complexity index is 474. The van der Waals surface area contributed by atoms with Crippen LogP contribution in [0.25, 0.3) is 0 Å². The van der Waals surface area contributed by atoms with Crippen molar-refractivity contribution in [1.82, 2.24) is 10.6 Å². The van der Waals surface area contributed by atoms with Gasteiger partial charge in [0.15, 0.2) is 12.1 Å². The maximum Gasteiger partial charge on any atom is 0.278 e. The molecule has 0 aliphatic carbocycles. The zero-order valence-corrected chi connectivity index (χ0v) is 16.9. The fourth-order valence-electron chi connectivity index (χ4n) is 4.45. The SMILES string of the molecule is CCCNC(=O)[C@@H]1CCC[N+]1([O-])CCC[N+]1([O-])CCC[C@H]1C(=O)NCCC. The average molecular weight is 385 g/mol. The summed E-state index contributed by atoms with van der Waals surface area (Å²) in [6.07, 6.45) is 4.84. The van der Waals surface area contributed by atoms with E-state index in [0.29, 0.717) is 45.4 Å². The first-order valence-electron chi connectivity index (χ1n) is 10.6. The lowest BCUT2D eigenvalue weighted by Crippen LogP contribution is -2.57. The van der Waals surface area contributed by atoms with Crippen molar-refractivity contribution in [3.63, 3.8) is 0 Å². The van der Waals surface area contributed by atoms with E-state index < -0.39 is 21.4 Å². The van der Waals surface area contributed by atoms with Crippen molar-refractivity contribution in [2.45, 2.75) is 70.9 Å². The first-order chi connectivity index (χ1) is 12.9. The lowest BCUT2D eigenvalue weighted by Gasteiger charge is -2.46. The molecule has 4 atom stereocenters. The lowest BCUT2D eigenvalue weighted by atomic mass is 10.1. The van der Waals surface area contributed by atoms with Gasteiger partial charge >= 0.3 is 0 Å². The van der Waals surface area contributed by atoms with E-state index in [9.17, 15) is 20.0 Å². The third-order valence-electron chi connectivity index (χ3n) is 5.94. The van der Waals surface area contributed by atoms with Gasteiger partial charge < -0.3 is 30.3 Å². The van der Waals surface area contributed by atoms with Crippen LogP contribution in [-0.2, 0) is 9.59 Å². The standard InChI is InChI=1S/C19H36N4O4/c1-3-10-20-18(24)16-8-5-12-22(16,26)14-7-15-23(27)13-6-9-17(23)19(25)21-11-4-2/h16-17H,3-15H2,1-2H3,(H,20,24)(H,21,25)/t16-,17-,22?,23?/m0/s1. The maximum absolute atomic E-state index is 13.2. The van der Waals surface area contributed by atoms with E-state index in [-0.39, 0.29) is 24.9 Å². The van der Waals surface area contributed by atoms with Crippen LogP contribution in [0.1, 0.15) is 58.8 Å². The van der Waals surface area contributed by atoms with Crippen molar-refractivity contribution in [3.05, 3.63) is 10.4 Å². The Balaban J connectivity index is 1.89. The van der Waals surface area contributed by atoms with Crippen LogP contribution in [-0.4, -0.2) is 72.5 Å². The third kappa shape index (κ3) is 5.40. The van der Waals surface area contributed by atoms with E-state index >= 15 is 0 Å². The van der Waals surface area contributed by atoms with Crippen LogP contribution in [0.5, 0.6) is 0 Å². The number of amides is 2. The number of likely N-dealkylation sites (tertiary alicyclic amines) is 2. The number of hydroxylamine groups is 6. The minimum absolute atomic E-state index is 0.159. The second-order valence-electron chi connectivity index (χ2n) is 8.05. The van der Waals surface area contributed by atoms with Gasteiger partial charge in [0.05, 0.1) is 26.2 Å². The zero-order chi connectivity index (χ0) is 19.9. The van der Waals surface area contributed by atoms with Crippen LogP contribution < -0.4 is 10.6 Å². The first kappa shape index (κ1) is 22.1. The summed E-state index contributed by atoms with van der Waals surface area (Å²) in [6.45, 7) is 6.55. The molecule has 2 rings (SSSR count). The van der Waals surface area contributed by atoms with Gasteiger partial charge in [-0.15, -0.1) is 0 Å².